The van der Waals surface area contributed by atoms with Crippen LogP contribution in [0.1, 0.15) is 43.7 Å². The van der Waals surface area contributed by atoms with Crippen LogP contribution in [0.5, 0.6) is 11.5 Å². The molecule has 3 nitrogen and oxygen atoms in total. The van der Waals surface area contributed by atoms with Crippen molar-refractivity contribution in [2.45, 2.75) is 38.1 Å². The molecule has 1 aromatic carbocycles. The van der Waals surface area contributed by atoms with Crippen LogP contribution in [0.3, 0.4) is 0 Å². The molecule has 18 heavy (non-hydrogen) atoms. The predicted molar refractivity (Wildman–Crippen MR) is 75.4 cm³/mol. The van der Waals surface area contributed by atoms with Crippen molar-refractivity contribution in [3.05, 3.63) is 23.8 Å². The van der Waals surface area contributed by atoms with Crippen molar-refractivity contribution in [1.29, 1.82) is 0 Å². The second kappa shape index (κ2) is 6.86. The monoisotopic (exact) mass is 271 g/mol. The zero-order valence-electron chi connectivity index (χ0n) is 10.8. The minimum absolute atomic E-state index is 0. The number of nitrogens with two attached hydrogens (primary N) is 1. The lowest BCUT2D eigenvalue weighted by Gasteiger charge is -2.28. The lowest BCUT2D eigenvalue weighted by atomic mass is 9.81. The van der Waals surface area contributed by atoms with E-state index < -0.39 is 0 Å². The first-order chi connectivity index (χ1) is 8.22. The fourth-order valence-corrected chi connectivity index (χ4v) is 2.67. The molecule has 0 radical (unpaired) electrons. The average molecular weight is 272 g/mol. The summed E-state index contributed by atoms with van der Waals surface area (Å²) in [5, 5.41) is 9.56. The number of aromatic hydroxyl groups is 1. The predicted octanol–water partition coefficient (Wildman–Crippen LogP) is 3.40. The van der Waals surface area contributed by atoms with Crippen LogP contribution < -0.4 is 10.5 Å². The van der Waals surface area contributed by atoms with Gasteiger partial charge in [0, 0.05) is 6.04 Å². The van der Waals surface area contributed by atoms with E-state index in [0.717, 1.165) is 5.56 Å². The highest BCUT2D eigenvalue weighted by molar-refractivity contribution is 5.85. The van der Waals surface area contributed by atoms with Gasteiger partial charge in [-0.05, 0) is 36.5 Å². The van der Waals surface area contributed by atoms with Crippen LogP contribution >= 0.6 is 12.4 Å². The maximum atomic E-state index is 9.56. The Hall–Kier alpha value is -0.930. The zero-order chi connectivity index (χ0) is 12.3. The first kappa shape index (κ1) is 15.1. The van der Waals surface area contributed by atoms with Gasteiger partial charge in [0.05, 0.1) is 7.11 Å². The average Bonchev–Trinajstić information content (AvgIpc) is 2.39. The van der Waals surface area contributed by atoms with Crippen molar-refractivity contribution < 1.29 is 9.84 Å². The summed E-state index contributed by atoms with van der Waals surface area (Å²) in [4.78, 5) is 0. The lowest BCUT2D eigenvalue weighted by molar-refractivity contribution is 0.307. The highest BCUT2D eigenvalue weighted by Gasteiger charge is 2.22. The van der Waals surface area contributed by atoms with E-state index in [1.807, 2.05) is 12.1 Å². The van der Waals surface area contributed by atoms with Gasteiger partial charge in [0.1, 0.15) is 0 Å². The molecule has 1 atom stereocenters. The van der Waals surface area contributed by atoms with Crippen molar-refractivity contribution in [1.82, 2.24) is 0 Å². The molecule has 0 bridgehead atoms. The Morgan fingerprint density at radius 1 is 1.28 bits per heavy atom. The number of methoxy groups -OCH3 is 1. The summed E-state index contributed by atoms with van der Waals surface area (Å²) >= 11 is 0. The van der Waals surface area contributed by atoms with Crippen molar-refractivity contribution in [3.63, 3.8) is 0 Å². The largest absolute Gasteiger partial charge is 0.504 e. The number of rotatable bonds is 3. The molecule has 0 unspecified atom stereocenters. The highest BCUT2D eigenvalue weighted by Crippen LogP contribution is 2.35. The lowest BCUT2D eigenvalue weighted by Crippen LogP contribution is -2.23. The van der Waals surface area contributed by atoms with E-state index in [-0.39, 0.29) is 24.2 Å². The normalized spacial score (nSPS) is 17.9. The van der Waals surface area contributed by atoms with Crippen LogP contribution in [0.25, 0.3) is 0 Å². The van der Waals surface area contributed by atoms with Gasteiger partial charge < -0.3 is 15.6 Å². The molecule has 1 saturated carbocycles. The quantitative estimate of drug-likeness (QED) is 0.886. The number of benzene rings is 1. The Morgan fingerprint density at radius 3 is 2.56 bits per heavy atom. The number of phenols is 1. The smallest absolute Gasteiger partial charge is 0.160 e. The molecule has 0 aromatic heterocycles. The molecular formula is C14H22ClNO2. The van der Waals surface area contributed by atoms with E-state index in [1.54, 1.807) is 13.2 Å². The van der Waals surface area contributed by atoms with Gasteiger partial charge in [0.15, 0.2) is 11.5 Å². The second-order valence-corrected chi connectivity index (χ2v) is 4.86. The van der Waals surface area contributed by atoms with E-state index in [9.17, 15) is 5.11 Å². The summed E-state index contributed by atoms with van der Waals surface area (Å²) in [7, 11) is 1.56. The summed E-state index contributed by atoms with van der Waals surface area (Å²) in [5.74, 6) is 1.25. The Labute approximate surface area is 115 Å². The minimum Gasteiger partial charge on any atom is -0.504 e. The van der Waals surface area contributed by atoms with Crippen molar-refractivity contribution >= 4 is 12.4 Å². The molecule has 1 aliphatic rings. The summed E-state index contributed by atoms with van der Waals surface area (Å²) in [5.41, 5.74) is 7.37. The maximum absolute atomic E-state index is 9.56. The Morgan fingerprint density at radius 2 is 1.94 bits per heavy atom. The van der Waals surface area contributed by atoms with E-state index >= 15 is 0 Å². The fraction of sp³-hybridized carbons (Fsp3) is 0.571. The third-order valence-corrected chi connectivity index (χ3v) is 3.75. The molecule has 0 spiro atoms. The van der Waals surface area contributed by atoms with Crippen molar-refractivity contribution in [2.24, 2.45) is 11.7 Å². The van der Waals surface area contributed by atoms with E-state index in [0.29, 0.717) is 11.7 Å². The SMILES string of the molecule is COc1cc([C@H](N)C2CCCCC2)ccc1O.Cl. The zero-order valence-corrected chi connectivity index (χ0v) is 11.6. The summed E-state index contributed by atoms with van der Waals surface area (Å²) in [6, 6.07) is 5.48. The van der Waals surface area contributed by atoms with Crippen LogP contribution in [0, 0.1) is 5.92 Å². The van der Waals surface area contributed by atoms with Crippen molar-refractivity contribution in [3.8, 4) is 11.5 Å². The van der Waals surface area contributed by atoms with Gasteiger partial charge in [-0.1, -0.05) is 25.3 Å². The van der Waals surface area contributed by atoms with Gasteiger partial charge in [-0.15, -0.1) is 12.4 Å². The third kappa shape index (κ3) is 3.30. The van der Waals surface area contributed by atoms with Crippen LogP contribution in [-0.2, 0) is 0 Å². The molecule has 0 aliphatic heterocycles. The van der Waals surface area contributed by atoms with Crippen LogP contribution in [-0.4, -0.2) is 12.2 Å². The molecule has 0 heterocycles. The van der Waals surface area contributed by atoms with E-state index in [1.165, 1.54) is 32.1 Å². The molecular weight excluding hydrogens is 250 g/mol. The number of hydrogen-bond donors (Lipinski definition) is 2. The molecule has 102 valence electrons. The topological polar surface area (TPSA) is 55.5 Å². The Balaban J connectivity index is 0.00000162. The number of ether oxygens (including phenoxy) is 1. The summed E-state index contributed by atoms with van der Waals surface area (Å²) < 4.78 is 5.12. The third-order valence-electron chi connectivity index (χ3n) is 3.75. The maximum Gasteiger partial charge on any atom is 0.160 e. The highest BCUT2D eigenvalue weighted by atomic mass is 35.5. The standard InChI is InChI=1S/C14H21NO2.ClH/c1-17-13-9-11(7-8-12(13)16)14(15)10-5-3-2-4-6-10;/h7-10,14,16H,2-6,15H2,1H3;1H/t14-;/m1./s1. The van der Waals surface area contributed by atoms with Gasteiger partial charge >= 0.3 is 0 Å². The van der Waals surface area contributed by atoms with Gasteiger partial charge in [-0.2, -0.15) is 0 Å². The number of hydrogen-bond acceptors (Lipinski definition) is 3. The minimum atomic E-state index is 0. The van der Waals surface area contributed by atoms with Gasteiger partial charge in [0.25, 0.3) is 0 Å². The summed E-state index contributed by atoms with van der Waals surface area (Å²) in [6.45, 7) is 0. The molecule has 1 fully saturated rings. The van der Waals surface area contributed by atoms with E-state index in [4.69, 9.17) is 10.5 Å². The van der Waals surface area contributed by atoms with Crippen LogP contribution in [0.15, 0.2) is 18.2 Å². The summed E-state index contributed by atoms with van der Waals surface area (Å²) in [6.07, 6.45) is 6.33. The van der Waals surface area contributed by atoms with E-state index in [2.05, 4.69) is 0 Å². The van der Waals surface area contributed by atoms with Gasteiger partial charge in [-0.25, -0.2) is 0 Å². The van der Waals surface area contributed by atoms with Crippen LogP contribution in [0.2, 0.25) is 0 Å². The van der Waals surface area contributed by atoms with Crippen LogP contribution in [0.4, 0.5) is 0 Å². The van der Waals surface area contributed by atoms with Gasteiger partial charge in [-0.3, -0.25) is 0 Å². The molecule has 3 N–H and O–H groups in total. The molecule has 1 aromatic rings. The Kier molecular flexibility index (Phi) is 5.76. The first-order valence-electron chi connectivity index (χ1n) is 6.35. The second-order valence-electron chi connectivity index (χ2n) is 4.86. The fourth-order valence-electron chi connectivity index (χ4n) is 2.67. The van der Waals surface area contributed by atoms with Gasteiger partial charge in [0.2, 0.25) is 0 Å². The molecule has 0 saturated heterocycles. The molecule has 4 heteroatoms. The molecule has 2 rings (SSSR count). The van der Waals surface area contributed by atoms with Crippen molar-refractivity contribution in [2.75, 3.05) is 7.11 Å². The number of halogens is 1. The number of phenolic OH excluding ortho intramolecular Hbond substituents is 1. The molecule has 0 amide bonds. The first-order valence-corrected chi connectivity index (χ1v) is 6.35. The Bertz CT molecular complexity index is 378. The molecule has 1 aliphatic carbocycles.